The van der Waals surface area contributed by atoms with E-state index in [1.807, 2.05) is 4.90 Å². The molecule has 1 saturated carbocycles. The second-order valence-corrected chi connectivity index (χ2v) is 5.24. The molecule has 1 saturated heterocycles. The van der Waals surface area contributed by atoms with Crippen LogP contribution in [-0.4, -0.2) is 34.7 Å². The van der Waals surface area contributed by atoms with Crippen molar-refractivity contribution < 1.29 is 9.21 Å². The lowest BCUT2D eigenvalue weighted by atomic mass is 10.0. The molecule has 19 heavy (non-hydrogen) atoms. The van der Waals surface area contributed by atoms with Crippen LogP contribution in [0.4, 0.5) is 6.01 Å². The van der Waals surface area contributed by atoms with Gasteiger partial charge < -0.3 is 20.4 Å². The molecule has 1 aromatic heterocycles. The maximum absolute atomic E-state index is 11.4. The van der Waals surface area contributed by atoms with Crippen LogP contribution in [0.25, 0.3) is 0 Å². The van der Waals surface area contributed by atoms with Crippen molar-refractivity contribution in [1.82, 2.24) is 15.5 Å². The van der Waals surface area contributed by atoms with Gasteiger partial charge in [0.15, 0.2) is 0 Å². The molecule has 7 heteroatoms. The van der Waals surface area contributed by atoms with E-state index >= 15 is 0 Å². The van der Waals surface area contributed by atoms with E-state index in [0.717, 1.165) is 25.8 Å². The number of nitrogens with two attached hydrogens (primary N) is 1. The molecule has 0 aromatic carbocycles. The Balaban J connectivity index is 1.67. The first kappa shape index (κ1) is 12.4. The van der Waals surface area contributed by atoms with Gasteiger partial charge in [-0.3, -0.25) is 4.79 Å². The average Bonchev–Trinajstić information content (AvgIpc) is 3.13. The number of hydrogen-bond acceptors (Lipinski definition) is 6. The smallest absolute Gasteiger partial charge is 0.318 e. The summed E-state index contributed by atoms with van der Waals surface area (Å²) in [7, 11) is 0. The van der Waals surface area contributed by atoms with E-state index in [9.17, 15) is 4.79 Å². The monoisotopic (exact) mass is 265 g/mol. The van der Waals surface area contributed by atoms with Gasteiger partial charge in [-0.1, -0.05) is 5.10 Å². The van der Waals surface area contributed by atoms with Gasteiger partial charge in [-0.05, 0) is 32.1 Å². The molecular formula is C12H19N5O2. The molecule has 1 amide bonds. The summed E-state index contributed by atoms with van der Waals surface area (Å²) in [6.07, 6.45) is 5.22. The lowest BCUT2D eigenvalue weighted by Gasteiger charge is -2.31. The van der Waals surface area contributed by atoms with Crippen molar-refractivity contribution in [3.05, 3.63) is 5.89 Å². The fourth-order valence-corrected chi connectivity index (χ4v) is 2.41. The Labute approximate surface area is 111 Å². The van der Waals surface area contributed by atoms with Crippen LogP contribution in [0.15, 0.2) is 4.42 Å². The van der Waals surface area contributed by atoms with Gasteiger partial charge in [0.2, 0.25) is 11.8 Å². The standard InChI is InChI=1S/C12H19N5O2/c13-11(18)9-3-1-2-6-17(9)12-16-15-10(19-12)7-14-8-4-5-8/h8-9,14H,1-7H2,(H2,13,18). The highest BCUT2D eigenvalue weighted by atomic mass is 16.4. The molecular weight excluding hydrogens is 246 g/mol. The molecule has 7 nitrogen and oxygen atoms in total. The zero-order valence-corrected chi connectivity index (χ0v) is 10.8. The molecule has 2 heterocycles. The Morgan fingerprint density at radius 2 is 2.21 bits per heavy atom. The van der Waals surface area contributed by atoms with E-state index in [1.54, 1.807) is 0 Å². The molecule has 3 rings (SSSR count). The van der Waals surface area contributed by atoms with E-state index in [4.69, 9.17) is 10.2 Å². The van der Waals surface area contributed by atoms with Gasteiger partial charge in [-0.2, -0.15) is 0 Å². The topological polar surface area (TPSA) is 97.3 Å². The van der Waals surface area contributed by atoms with Crippen molar-refractivity contribution in [1.29, 1.82) is 0 Å². The third kappa shape index (κ3) is 2.86. The first-order valence-corrected chi connectivity index (χ1v) is 6.86. The predicted octanol–water partition coefficient (Wildman–Crippen LogP) is 0.166. The Morgan fingerprint density at radius 1 is 1.37 bits per heavy atom. The lowest BCUT2D eigenvalue weighted by molar-refractivity contribution is -0.119. The maximum atomic E-state index is 11.4. The summed E-state index contributed by atoms with van der Waals surface area (Å²) in [4.78, 5) is 13.3. The second-order valence-electron chi connectivity index (χ2n) is 5.24. The van der Waals surface area contributed by atoms with Crippen molar-refractivity contribution in [2.45, 2.75) is 50.7 Å². The summed E-state index contributed by atoms with van der Waals surface area (Å²) in [6, 6.07) is 0.693. The van der Waals surface area contributed by atoms with Gasteiger partial charge in [0.05, 0.1) is 6.54 Å². The molecule has 0 bridgehead atoms. The minimum absolute atomic E-state index is 0.321. The highest BCUT2D eigenvalue weighted by Crippen LogP contribution is 2.24. The molecule has 1 aromatic rings. The van der Waals surface area contributed by atoms with Crippen molar-refractivity contribution >= 4 is 11.9 Å². The largest absolute Gasteiger partial charge is 0.407 e. The summed E-state index contributed by atoms with van der Waals surface area (Å²) >= 11 is 0. The molecule has 3 N–H and O–H groups in total. The number of primary amides is 1. The van der Waals surface area contributed by atoms with E-state index in [2.05, 4.69) is 15.5 Å². The quantitative estimate of drug-likeness (QED) is 0.787. The number of nitrogens with one attached hydrogen (secondary N) is 1. The number of nitrogens with zero attached hydrogens (tertiary/aromatic N) is 3. The van der Waals surface area contributed by atoms with E-state index in [0.29, 0.717) is 24.5 Å². The fourth-order valence-electron chi connectivity index (χ4n) is 2.41. The number of anilines is 1. The van der Waals surface area contributed by atoms with Crippen molar-refractivity contribution in [2.24, 2.45) is 5.73 Å². The van der Waals surface area contributed by atoms with Gasteiger partial charge in [0.25, 0.3) is 0 Å². The first-order valence-electron chi connectivity index (χ1n) is 6.86. The van der Waals surface area contributed by atoms with Gasteiger partial charge in [-0.15, -0.1) is 5.10 Å². The molecule has 104 valence electrons. The fraction of sp³-hybridized carbons (Fsp3) is 0.750. The molecule has 2 aliphatic rings. The predicted molar refractivity (Wildman–Crippen MR) is 68.3 cm³/mol. The summed E-state index contributed by atoms with van der Waals surface area (Å²) in [5.41, 5.74) is 5.43. The average molecular weight is 265 g/mol. The SMILES string of the molecule is NC(=O)C1CCCCN1c1nnc(CNC2CC2)o1. The zero-order chi connectivity index (χ0) is 13.2. The number of carbonyl (C=O) groups excluding carboxylic acids is 1. The highest BCUT2D eigenvalue weighted by Gasteiger charge is 2.30. The van der Waals surface area contributed by atoms with E-state index in [-0.39, 0.29) is 11.9 Å². The van der Waals surface area contributed by atoms with Crippen LogP contribution >= 0.6 is 0 Å². The molecule has 0 spiro atoms. The Morgan fingerprint density at radius 3 is 2.95 bits per heavy atom. The Bertz CT molecular complexity index is 457. The summed E-state index contributed by atoms with van der Waals surface area (Å²) < 4.78 is 5.62. The number of hydrogen-bond donors (Lipinski definition) is 2. The molecule has 1 atom stereocenters. The Kier molecular flexibility index (Phi) is 3.37. The molecule has 1 aliphatic carbocycles. The number of amides is 1. The van der Waals surface area contributed by atoms with Crippen LogP contribution in [0.3, 0.4) is 0 Å². The third-order valence-corrected chi connectivity index (χ3v) is 3.65. The first-order chi connectivity index (χ1) is 9.24. The lowest BCUT2D eigenvalue weighted by Crippen LogP contribution is -2.48. The zero-order valence-electron chi connectivity index (χ0n) is 10.8. The molecule has 0 radical (unpaired) electrons. The van der Waals surface area contributed by atoms with E-state index in [1.165, 1.54) is 12.8 Å². The molecule has 1 unspecified atom stereocenters. The van der Waals surface area contributed by atoms with Crippen LogP contribution in [0.1, 0.15) is 38.0 Å². The number of carbonyl (C=O) groups is 1. The minimum Gasteiger partial charge on any atom is -0.407 e. The van der Waals surface area contributed by atoms with Crippen molar-refractivity contribution in [2.75, 3.05) is 11.4 Å². The summed E-state index contributed by atoms with van der Waals surface area (Å²) in [5, 5.41) is 11.4. The van der Waals surface area contributed by atoms with Crippen LogP contribution in [-0.2, 0) is 11.3 Å². The van der Waals surface area contributed by atoms with Gasteiger partial charge in [0, 0.05) is 12.6 Å². The van der Waals surface area contributed by atoms with Crippen molar-refractivity contribution in [3.8, 4) is 0 Å². The van der Waals surface area contributed by atoms with Crippen molar-refractivity contribution in [3.63, 3.8) is 0 Å². The normalized spacial score (nSPS) is 23.6. The summed E-state index contributed by atoms with van der Waals surface area (Å²) in [5.74, 6) is 0.242. The highest BCUT2D eigenvalue weighted by molar-refractivity contribution is 5.83. The van der Waals surface area contributed by atoms with Crippen LogP contribution < -0.4 is 16.0 Å². The second kappa shape index (κ2) is 5.16. The van der Waals surface area contributed by atoms with Crippen LogP contribution in [0.5, 0.6) is 0 Å². The number of piperidine rings is 1. The van der Waals surface area contributed by atoms with Gasteiger partial charge in [-0.25, -0.2) is 0 Å². The summed E-state index contributed by atoms with van der Waals surface area (Å²) in [6.45, 7) is 1.33. The van der Waals surface area contributed by atoms with Crippen LogP contribution in [0, 0.1) is 0 Å². The molecule has 2 fully saturated rings. The van der Waals surface area contributed by atoms with E-state index < -0.39 is 0 Å². The number of rotatable bonds is 5. The Hall–Kier alpha value is -1.63. The van der Waals surface area contributed by atoms with Crippen LogP contribution in [0.2, 0.25) is 0 Å². The number of aromatic nitrogens is 2. The van der Waals surface area contributed by atoms with Gasteiger partial charge >= 0.3 is 6.01 Å². The molecule has 1 aliphatic heterocycles. The van der Waals surface area contributed by atoms with Gasteiger partial charge in [0.1, 0.15) is 6.04 Å². The maximum Gasteiger partial charge on any atom is 0.318 e. The minimum atomic E-state index is -0.324. The third-order valence-electron chi connectivity index (χ3n) is 3.65.